The molecule has 14 nitrogen and oxygen atoms in total. The van der Waals surface area contributed by atoms with Gasteiger partial charge in [-0.25, -0.2) is 4.79 Å². The van der Waals surface area contributed by atoms with E-state index < -0.39 is 21.7 Å². The fraction of sp³-hybridized carbons (Fsp3) is 0.360. The molecule has 2 aromatic carbocycles. The lowest BCUT2D eigenvalue weighted by Gasteiger charge is -2.27. The highest BCUT2D eigenvalue weighted by atomic mass is 16.6. The molecule has 0 atom stereocenters. The summed E-state index contributed by atoms with van der Waals surface area (Å²) in [6.07, 6.45) is 3.41. The van der Waals surface area contributed by atoms with Crippen LogP contribution in [0.1, 0.15) is 31.8 Å². The number of nitrogens with one attached hydrogen (secondary N) is 2. The smallest absolute Gasteiger partial charge is 0.338 e. The van der Waals surface area contributed by atoms with Gasteiger partial charge < -0.3 is 25.8 Å². The number of amides is 1. The number of methoxy groups -OCH3 is 1. The van der Waals surface area contributed by atoms with Crippen LogP contribution < -0.4 is 16.4 Å². The van der Waals surface area contributed by atoms with Crippen LogP contribution in [0, 0.1) is 27.2 Å². The van der Waals surface area contributed by atoms with Crippen molar-refractivity contribution in [3.8, 4) is 0 Å². The molecular weight excluding hydrogens is 512 g/mol. The number of hydrogen-bond donors (Lipinski definition) is 3. The van der Waals surface area contributed by atoms with Gasteiger partial charge in [0.1, 0.15) is 11.4 Å². The number of carbonyl (C=O) groups is 2. The first-order valence-electron chi connectivity index (χ1n) is 12.0. The van der Waals surface area contributed by atoms with Gasteiger partial charge in [0.2, 0.25) is 5.91 Å². The molecule has 1 heterocycles. The van der Waals surface area contributed by atoms with Crippen molar-refractivity contribution in [3.63, 3.8) is 0 Å². The fourth-order valence-corrected chi connectivity index (χ4v) is 4.17. The van der Waals surface area contributed by atoms with E-state index in [2.05, 4.69) is 20.3 Å². The third-order valence-electron chi connectivity index (χ3n) is 6.07. The Morgan fingerprint density at radius 2 is 1.56 bits per heavy atom. The number of carbonyl (C=O) groups excluding carboxylic acids is 2. The van der Waals surface area contributed by atoms with Crippen LogP contribution in [0.4, 0.5) is 22.7 Å². The number of aryl methyl sites for hydroxylation is 1. The first-order valence-corrected chi connectivity index (χ1v) is 12.0. The van der Waals surface area contributed by atoms with Gasteiger partial charge >= 0.3 is 5.97 Å². The van der Waals surface area contributed by atoms with Gasteiger partial charge in [0.05, 0.1) is 35.7 Å². The van der Waals surface area contributed by atoms with Crippen LogP contribution in [0.2, 0.25) is 0 Å². The molecule has 208 valence electrons. The highest BCUT2D eigenvalue weighted by Gasteiger charge is 2.23. The van der Waals surface area contributed by atoms with Crippen molar-refractivity contribution in [1.82, 2.24) is 4.90 Å². The molecule has 3 rings (SSSR count). The maximum Gasteiger partial charge on any atom is 0.338 e. The Kier molecular flexibility index (Phi) is 9.89. The average Bonchev–Trinajstić information content (AvgIpc) is 2.91. The predicted octanol–water partition coefficient (Wildman–Crippen LogP) is 2.61. The Labute approximate surface area is 224 Å². The summed E-state index contributed by atoms with van der Waals surface area (Å²) in [7, 11) is 1.20. The number of rotatable bonds is 12. The zero-order valence-corrected chi connectivity index (χ0v) is 21.6. The number of hydrogen-bond acceptors (Lipinski definition) is 11. The van der Waals surface area contributed by atoms with Crippen molar-refractivity contribution in [3.05, 3.63) is 78.9 Å². The molecule has 14 heteroatoms. The molecule has 1 saturated heterocycles. The van der Waals surface area contributed by atoms with Crippen molar-refractivity contribution >= 4 is 34.6 Å². The van der Waals surface area contributed by atoms with Gasteiger partial charge in [-0.05, 0) is 30.2 Å². The molecule has 0 radical (unpaired) electrons. The zero-order chi connectivity index (χ0) is 28.5. The van der Waals surface area contributed by atoms with Crippen LogP contribution in [0.3, 0.4) is 0 Å². The van der Waals surface area contributed by atoms with Crippen LogP contribution >= 0.6 is 0 Å². The lowest BCUT2D eigenvalue weighted by Crippen LogP contribution is -2.36. The number of ether oxygens (including phenoxy) is 2. The van der Waals surface area contributed by atoms with E-state index in [0.717, 1.165) is 12.1 Å². The maximum absolute atomic E-state index is 11.8. The third-order valence-corrected chi connectivity index (χ3v) is 6.07. The quantitative estimate of drug-likeness (QED) is 0.154. The standard InChI is InChI=1S/C25H30N6O8/c1-16-11-18(25(33)38-2)14-20(30(34)35)22(16)27-5-3-4-6-28-23-19(15-29-7-9-39-10-8-29)12-17(24(26)32)13-21(23)31(36)37/h3-4,11-14,27-28H,5-10,15H2,1-2H3,(H2,26,32)/b4-3+. The summed E-state index contributed by atoms with van der Waals surface area (Å²) in [5, 5.41) is 29.4. The molecule has 4 N–H and O–H groups in total. The zero-order valence-electron chi connectivity index (χ0n) is 21.6. The normalized spacial score (nSPS) is 13.7. The maximum atomic E-state index is 11.8. The summed E-state index contributed by atoms with van der Waals surface area (Å²) >= 11 is 0. The fourth-order valence-electron chi connectivity index (χ4n) is 4.17. The highest BCUT2D eigenvalue weighted by Crippen LogP contribution is 2.32. The molecule has 0 unspecified atom stereocenters. The molecule has 39 heavy (non-hydrogen) atoms. The molecule has 0 saturated carbocycles. The second kappa shape index (κ2) is 13.3. The van der Waals surface area contributed by atoms with Crippen molar-refractivity contribution in [2.24, 2.45) is 5.73 Å². The SMILES string of the molecule is COC(=O)c1cc(C)c(NC/C=C/CNc2c(CN3CCOCC3)cc(C(N)=O)cc2[N+](=O)[O-])c([N+](=O)[O-])c1. The second-order valence-electron chi connectivity index (χ2n) is 8.71. The van der Waals surface area contributed by atoms with Gasteiger partial charge in [0.15, 0.2) is 0 Å². The number of nitrogens with two attached hydrogens (primary N) is 1. The summed E-state index contributed by atoms with van der Waals surface area (Å²) in [6.45, 7) is 4.79. The highest BCUT2D eigenvalue weighted by molar-refractivity contribution is 5.95. The number of benzene rings is 2. The van der Waals surface area contributed by atoms with Gasteiger partial charge in [-0.1, -0.05) is 12.2 Å². The Morgan fingerprint density at radius 1 is 1.00 bits per heavy atom. The van der Waals surface area contributed by atoms with E-state index in [1.807, 2.05) is 0 Å². The van der Waals surface area contributed by atoms with E-state index in [1.54, 1.807) is 25.1 Å². The summed E-state index contributed by atoms with van der Waals surface area (Å²) in [5.74, 6) is -1.44. The number of nitro benzene ring substituents is 2. The van der Waals surface area contributed by atoms with Crippen molar-refractivity contribution in [2.75, 3.05) is 57.1 Å². The van der Waals surface area contributed by atoms with Gasteiger partial charge in [0, 0.05) is 50.4 Å². The second-order valence-corrected chi connectivity index (χ2v) is 8.71. The minimum absolute atomic E-state index is 0.0467. The third kappa shape index (κ3) is 7.49. The molecule has 1 aliphatic rings. The lowest BCUT2D eigenvalue weighted by atomic mass is 10.0. The van der Waals surface area contributed by atoms with Crippen molar-refractivity contribution < 1.29 is 28.9 Å². The van der Waals surface area contributed by atoms with Gasteiger partial charge in [-0.3, -0.25) is 29.9 Å². The minimum Gasteiger partial charge on any atom is -0.465 e. The number of anilines is 2. The van der Waals surface area contributed by atoms with E-state index in [9.17, 15) is 29.8 Å². The molecule has 0 aliphatic carbocycles. The van der Waals surface area contributed by atoms with Crippen LogP contribution in [-0.4, -0.2) is 73.1 Å². The lowest BCUT2D eigenvalue weighted by molar-refractivity contribution is -0.384. The van der Waals surface area contributed by atoms with Crippen LogP contribution in [0.15, 0.2) is 36.4 Å². The summed E-state index contributed by atoms with van der Waals surface area (Å²) in [6, 6.07) is 5.35. The van der Waals surface area contributed by atoms with Gasteiger partial charge in [0.25, 0.3) is 11.4 Å². The molecule has 1 aliphatic heterocycles. The topological polar surface area (TPSA) is 192 Å². The van der Waals surface area contributed by atoms with Crippen LogP contribution in [0.5, 0.6) is 0 Å². The molecule has 2 aromatic rings. The average molecular weight is 543 g/mol. The summed E-state index contributed by atoms with van der Waals surface area (Å²) in [5.41, 5.74) is 6.59. The van der Waals surface area contributed by atoms with E-state index in [1.165, 1.54) is 13.2 Å². The Morgan fingerprint density at radius 3 is 2.13 bits per heavy atom. The van der Waals surface area contributed by atoms with Gasteiger partial charge in [-0.15, -0.1) is 0 Å². The Balaban J connectivity index is 1.74. The molecular formula is C25H30N6O8. The first kappa shape index (κ1) is 29.0. The molecule has 0 bridgehead atoms. The van der Waals surface area contributed by atoms with Crippen molar-refractivity contribution in [1.29, 1.82) is 0 Å². The minimum atomic E-state index is -0.761. The molecule has 0 aromatic heterocycles. The number of nitro groups is 2. The van der Waals surface area contributed by atoms with E-state index in [-0.39, 0.29) is 47.0 Å². The van der Waals surface area contributed by atoms with Crippen LogP contribution in [-0.2, 0) is 16.0 Å². The summed E-state index contributed by atoms with van der Waals surface area (Å²) < 4.78 is 10.0. The number of morpholine rings is 1. The van der Waals surface area contributed by atoms with Crippen LogP contribution in [0.25, 0.3) is 0 Å². The monoisotopic (exact) mass is 542 g/mol. The van der Waals surface area contributed by atoms with E-state index >= 15 is 0 Å². The van der Waals surface area contributed by atoms with E-state index in [4.69, 9.17) is 10.5 Å². The summed E-state index contributed by atoms with van der Waals surface area (Å²) in [4.78, 5) is 47.9. The largest absolute Gasteiger partial charge is 0.465 e. The molecule has 0 spiro atoms. The Hall–Kier alpha value is -4.56. The molecule has 1 amide bonds. The number of nitrogens with zero attached hydrogens (tertiary/aromatic N) is 3. The van der Waals surface area contributed by atoms with Crippen molar-refractivity contribution in [2.45, 2.75) is 13.5 Å². The van der Waals surface area contributed by atoms with Gasteiger partial charge in [-0.2, -0.15) is 0 Å². The Bertz CT molecular complexity index is 1290. The number of esters is 1. The first-order chi connectivity index (χ1) is 18.6. The molecule has 1 fully saturated rings. The number of primary amides is 1. The van der Waals surface area contributed by atoms with E-state index in [0.29, 0.717) is 44.0 Å². The predicted molar refractivity (Wildman–Crippen MR) is 143 cm³/mol.